The van der Waals surface area contributed by atoms with Crippen molar-refractivity contribution in [2.45, 2.75) is 106 Å². The maximum absolute atomic E-state index is 13.3. The zero-order chi connectivity index (χ0) is 26.1. The number of aryl methyl sites for hydroxylation is 1. The van der Waals surface area contributed by atoms with E-state index >= 15 is 0 Å². The molecule has 2 aliphatic rings. The minimum absolute atomic E-state index is 0.0367. The summed E-state index contributed by atoms with van der Waals surface area (Å²) in [6, 6.07) is 4.28. The van der Waals surface area contributed by atoms with Gasteiger partial charge < -0.3 is 0 Å². The lowest BCUT2D eigenvalue weighted by molar-refractivity contribution is -0.129. The van der Waals surface area contributed by atoms with Crippen molar-refractivity contribution in [2.75, 3.05) is 0 Å². The van der Waals surface area contributed by atoms with Gasteiger partial charge >= 0.3 is 0 Å². The second-order valence-corrected chi connectivity index (χ2v) is 10.7. The smallest absolute Gasteiger partial charge is 0.163 e. The number of carbonyl (C=O) groups is 3. The van der Waals surface area contributed by atoms with E-state index in [1.807, 2.05) is 6.92 Å². The molecule has 0 saturated heterocycles. The van der Waals surface area contributed by atoms with Crippen LogP contribution < -0.4 is 0 Å². The van der Waals surface area contributed by atoms with Gasteiger partial charge in [0, 0.05) is 17.9 Å². The Kier molecular flexibility index (Phi) is 11.3. The number of carbonyl (C=O) groups excluding carboxylic acids is 3. The number of fused-ring (bicyclic) bond motifs is 1. The topological polar surface area (TPSA) is 51.2 Å². The molecule has 0 radical (unpaired) electrons. The predicted molar refractivity (Wildman–Crippen MR) is 147 cm³/mol. The van der Waals surface area contributed by atoms with E-state index in [0.717, 1.165) is 49.7 Å². The van der Waals surface area contributed by atoms with Crippen molar-refractivity contribution in [2.24, 2.45) is 17.8 Å². The van der Waals surface area contributed by atoms with E-state index in [9.17, 15) is 14.4 Å². The first kappa shape index (κ1) is 28.9. The molecule has 3 atom stereocenters. The highest BCUT2D eigenvalue weighted by Gasteiger charge is 2.34. The third-order valence-electron chi connectivity index (χ3n) is 7.29. The lowest BCUT2D eigenvalue weighted by Gasteiger charge is -2.32. The zero-order valence-corrected chi connectivity index (χ0v) is 23.1. The highest BCUT2D eigenvalue weighted by Crippen LogP contribution is 2.40. The van der Waals surface area contributed by atoms with E-state index in [2.05, 4.69) is 58.9 Å². The number of allylic oxidation sites excluding steroid dienone is 4. The summed E-state index contributed by atoms with van der Waals surface area (Å²) in [5.74, 6) is 0.671. The average molecular weight is 479 g/mol. The van der Waals surface area contributed by atoms with Crippen LogP contribution in [0.1, 0.15) is 120 Å². The highest BCUT2D eigenvalue weighted by molar-refractivity contribution is 6.01. The first-order chi connectivity index (χ1) is 16.7. The SMILES string of the molecule is CCC.CCCC(CC1CC(=O)c2c(C)ccc(C3=CC=C(C)C3)c2C1)C(CC)C(=O)CC(C)=O. The van der Waals surface area contributed by atoms with Crippen LogP contribution in [0.2, 0.25) is 0 Å². The molecule has 2 aliphatic carbocycles. The zero-order valence-electron chi connectivity index (χ0n) is 23.1. The molecule has 0 N–H and O–H groups in total. The van der Waals surface area contributed by atoms with Crippen molar-refractivity contribution in [3.8, 4) is 0 Å². The van der Waals surface area contributed by atoms with Crippen LogP contribution >= 0.6 is 0 Å². The summed E-state index contributed by atoms with van der Waals surface area (Å²) < 4.78 is 0. The van der Waals surface area contributed by atoms with Crippen molar-refractivity contribution in [3.05, 3.63) is 52.1 Å². The number of hydrogen-bond acceptors (Lipinski definition) is 3. The molecule has 0 saturated carbocycles. The van der Waals surface area contributed by atoms with E-state index < -0.39 is 0 Å². The monoisotopic (exact) mass is 478 g/mol. The van der Waals surface area contributed by atoms with Gasteiger partial charge in [0.2, 0.25) is 0 Å². The van der Waals surface area contributed by atoms with E-state index in [1.165, 1.54) is 35.6 Å². The molecule has 0 aliphatic heterocycles. The second kappa shape index (κ2) is 13.7. The Labute approximate surface area is 213 Å². The third kappa shape index (κ3) is 7.59. The first-order valence-electron chi connectivity index (χ1n) is 13.7. The molecule has 3 unspecified atom stereocenters. The van der Waals surface area contributed by atoms with Crippen LogP contribution in [0.3, 0.4) is 0 Å². The fraction of sp³-hybridized carbons (Fsp3) is 0.594. The summed E-state index contributed by atoms with van der Waals surface area (Å²) in [7, 11) is 0. The third-order valence-corrected chi connectivity index (χ3v) is 7.29. The van der Waals surface area contributed by atoms with Crippen LogP contribution in [-0.4, -0.2) is 17.3 Å². The molecule has 0 spiro atoms. The molecule has 192 valence electrons. The van der Waals surface area contributed by atoms with Crippen LogP contribution in [0, 0.1) is 24.7 Å². The molecule has 0 fully saturated rings. The Hall–Kier alpha value is -2.29. The van der Waals surface area contributed by atoms with Crippen molar-refractivity contribution in [1.29, 1.82) is 0 Å². The number of benzene rings is 1. The highest BCUT2D eigenvalue weighted by atomic mass is 16.1. The van der Waals surface area contributed by atoms with Gasteiger partial charge in [-0.1, -0.05) is 76.8 Å². The van der Waals surface area contributed by atoms with Gasteiger partial charge in [0.05, 0.1) is 6.42 Å². The molecule has 0 amide bonds. The molecular formula is C32H46O3. The van der Waals surface area contributed by atoms with Crippen molar-refractivity contribution in [1.82, 2.24) is 0 Å². The fourth-order valence-corrected chi connectivity index (χ4v) is 5.89. The summed E-state index contributed by atoms with van der Waals surface area (Å²) in [5.41, 5.74) is 7.09. The Morgan fingerprint density at radius 2 is 1.71 bits per heavy atom. The molecule has 3 rings (SSSR count). The standard InChI is InChI=1S/C29H38O3.C3H8/c1-6-8-22(24(7-2)27(31)14-20(5)30)15-21-16-26-25(23-11-9-18(3)13-23)12-10-19(4)29(26)28(32)17-21;1-3-2/h9-12,21-22,24H,6-8,13-17H2,1-5H3;3H2,1-2H3. The molecule has 3 heteroatoms. The summed E-state index contributed by atoms with van der Waals surface area (Å²) in [6.07, 6.45) is 11.7. The van der Waals surface area contributed by atoms with Gasteiger partial charge in [-0.25, -0.2) is 0 Å². The normalized spacial score (nSPS) is 18.6. The van der Waals surface area contributed by atoms with Gasteiger partial charge in [0.1, 0.15) is 11.6 Å². The van der Waals surface area contributed by atoms with Crippen molar-refractivity contribution in [3.63, 3.8) is 0 Å². The van der Waals surface area contributed by atoms with Gasteiger partial charge in [0.25, 0.3) is 0 Å². The molecular weight excluding hydrogens is 432 g/mol. The quantitative estimate of drug-likeness (QED) is 0.318. The van der Waals surface area contributed by atoms with E-state index in [1.54, 1.807) is 0 Å². The lowest BCUT2D eigenvalue weighted by Crippen LogP contribution is -2.30. The molecule has 3 nitrogen and oxygen atoms in total. The first-order valence-corrected chi connectivity index (χ1v) is 13.7. The fourth-order valence-electron chi connectivity index (χ4n) is 5.89. The van der Waals surface area contributed by atoms with Crippen LogP contribution in [0.4, 0.5) is 0 Å². The molecule has 35 heavy (non-hydrogen) atoms. The van der Waals surface area contributed by atoms with E-state index in [0.29, 0.717) is 6.42 Å². The Balaban J connectivity index is 0.00000137. The predicted octanol–water partition coefficient (Wildman–Crippen LogP) is 8.27. The second-order valence-electron chi connectivity index (χ2n) is 10.7. The molecule has 1 aromatic rings. The molecule has 0 aromatic heterocycles. The lowest BCUT2D eigenvalue weighted by atomic mass is 9.71. The van der Waals surface area contributed by atoms with Gasteiger partial charge in [-0.2, -0.15) is 0 Å². The van der Waals surface area contributed by atoms with Crippen molar-refractivity contribution >= 4 is 22.9 Å². The summed E-state index contributed by atoms with van der Waals surface area (Å²) in [5, 5.41) is 0. The maximum Gasteiger partial charge on any atom is 0.163 e. The van der Waals surface area contributed by atoms with Gasteiger partial charge in [-0.05, 0) is 80.6 Å². The molecule has 0 bridgehead atoms. The van der Waals surface area contributed by atoms with Crippen LogP contribution in [0.5, 0.6) is 0 Å². The molecule has 1 aromatic carbocycles. The minimum atomic E-state index is -0.0864. The number of Topliss-reactive ketones (excluding diaryl/α,β-unsaturated/α-hetero) is 3. The van der Waals surface area contributed by atoms with Gasteiger partial charge in [-0.15, -0.1) is 0 Å². The largest absolute Gasteiger partial charge is 0.300 e. The van der Waals surface area contributed by atoms with Crippen molar-refractivity contribution < 1.29 is 14.4 Å². The van der Waals surface area contributed by atoms with Gasteiger partial charge in [0.15, 0.2) is 5.78 Å². The number of hydrogen-bond donors (Lipinski definition) is 0. The maximum atomic E-state index is 13.3. The van der Waals surface area contributed by atoms with Crippen LogP contribution in [0.15, 0.2) is 29.9 Å². The average Bonchev–Trinajstić information content (AvgIpc) is 3.20. The Morgan fingerprint density at radius 3 is 2.26 bits per heavy atom. The molecule has 0 heterocycles. The van der Waals surface area contributed by atoms with E-state index in [4.69, 9.17) is 0 Å². The van der Waals surface area contributed by atoms with E-state index in [-0.39, 0.29) is 41.5 Å². The Bertz CT molecular complexity index is 979. The summed E-state index contributed by atoms with van der Waals surface area (Å²) in [4.78, 5) is 37.6. The van der Waals surface area contributed by atoms with Gasteiger partial charge in [-0.3, -0.25) is 14.4 Å². The van der Waals surface area contributed by atoms with Crippen LogP contribution in [0.25, 0.3) is 5.57 Å². The minimum Gasteiger partial charge on any atom is -0.300 e. The van der Waals surface area contributed by atoms with Crippen LogP contribution in [-0.2, 0) is 16.0 Å². The Morgan fingerprint density at radius 1 is 1.03 bits per heavy atom. The number of ketones is 3. The summed E-state index contributed by atoms with van der Waals surface area (Å²) in [6.45, 7) is 14.1. The number of rotatable bonds is 10. The summed E-state index contributed by atoms with van der Waals surface area (Å²) >= 11 is 0.